The third-order valence-corrected chi connectivity index (χ3v) is 6.63. The first kappa shape index (κ1) is 25.8. The second-order valence-electron chi connectivity index (χ2n) is 9.11. The van der Waals surface area contributed by atoms with Crippen molar-refractivity contribution in [3.63, 3.8) is 0 Å². The average Bonchev–Trinajstić information content (AvgIpc) is 3.23. The van der Waals surface area contributed by atoms with E-state index in [1.165, 1.54) is 11.1 Å². The van der Waals surface area contributed by atoms with Crippen molar-refractivity contribution >= 4 is 28.5 Å². The van der Waals surface area contributed by atoms with Gasteiger partial charge in [-0.2, -0.15) is 0 Å². The predicted molar refractivity (Wildman–Crippen MR) is 147 cm³/mol. The molecular weight excluding hydrogens is 470 g/mol. The number of aryl methyl sites for hydroxylation is 3. The zero-order valence-electron chi connectivity index (χ0n) is 20.9. The Morgan fingerprint density at radius 1 is 0.944 bits per heavy atom. The maximum Gasteiger partial charge on any atom is 0.224 e. The van der Waals surface area contributed by atoms with E-state index in [1.54, 1.807) is 0 Å². The van der Waals surface area contributed by atoms with E-state index in [0.29, 0.717) is 24.6 Å². The summed E-state index contributed by atoms with van der Waals surface area (Å²) in [6.45, 7) is 4.30. The predicted octanol–water partition coefficient (Wildman–Crippen LogP) is 6.54. The number of nitrogens with zero attached hydrogens (tertiary/aromatic N) is 2. The van der Waals surface area contributed by atoms with E-state index in [0.717, 1.165) is 61.3 Å². The van der Waals surface area contributed by atoms with E-state index in [-0.39, 0.29) is 5.91 Å². The van der Waals surface area contributed by atoms with Crippen molar-refractivity contribution in [1.29, 1.82) is 0 Å². The summed E-state index contributed by atoms with van der Waals surface area (Å²) < 4.78 is 8.26. The second-order valence-corrected chi connectivity index (χ2v) is 9.52. The van der Waals surface area contributed by atoms with Gasteiger partial charge in [-0.1, -0.05) is 66.0 Å². The Bertz CT molecular complexity index is 1270. The monoisotopic (exact) mass is 503 g/mol. The normalized spacial score (nSPS) is 11.1. The van der Waals surface area contributed by atoms with E-state index < -0.39 is 0 Å². The zero-order valence-corrected chi connectivity index (χ0v) is 21.6. The van der Waals surface area contributed by atoms with Crippen molar-refractivity contribution in [2.45, 2.75) is 52.0 Å². The number of para-hydroxylation sites is 2. The summed E-state index contributed by atoms with van der Waals surface area (Å²) in [7, 11) is 0. The highest BCUT2D eigenvalue weighted by molar-refractivity contribution is 6.31. The first-order chi connectivity index (χ1) is 17.6. The molecule has 0 saturated carbocycles. The molecule has 0 bridgehead atoms. The molecular formula is C30H34ClN3O2. The van der Waals surface area contributed by atoms with Crippen LogP contribution < -0.4 is 10.1 Å². The molecule has 0 aliphatic rings. The van der Waals surface area contributed by atoms with Gasteiger partial charge in [0.25, 0.3) is 0 Å². The number of fused-ring (bicyclic) bond motifs is 1. The third-order valence-electron chi connectivity index (χ3n) is 6.26. The van der Waals surface area contributed by atoms with Crippen LogP contribution >= 0.6 is 11.6 Å². The molecule has 6 heteroatoms. The minimum Gasteiger partial charge on any atom is -0.494 e. The average molecular weight is 504 g/mol. The molecule has 0 aliphatic heterocycles. The summed E-state index contributed by atoms with van der Waals surface area (Å²) in [4.78, 5) is 17.1. The van der Waals surface area contributed by atoms with Gasteiger partial charge >= 0.3 is 0 Å². The van der Waals surface area contributed by atoms with Crippen molar-refractivity contribution in [3.05, 3.63) is 94.8 Å². The fourth-order valence-electron chi connectivity index (χ4n) is 4.30. The number of benzene rings is 3. The smallest absolute Gasteiger partial charge is 0.224 e. The Hall–Kier alpha value is -3.31. The molecule has 0 saturated heterocycles. The summed E-state index contributed by atoms with van der Waals surface area (Å²) in [6, 6.07) is 24.0. The van der Waals surface area contributed by atoms with Crippen LogP contribution in [0, 0.1) is 6.92 Å². The van der Waals surface area contributed by atoms with Gasteiger partial charge in [-0.15, -0.1) is 0 Å². The van der Waals surface area contributed by atoms with Crippen LogP contribution in [0.3, 0.4) is 0 Å². The molecule has 1 amide bonds. The summed E-state index contributed by atoms with van der Waals surface area (Å²) in [5.41, 5.74) is 4.31. The van der Waals surface area contributed by atoms with Gasteiger partial charge in [0.1, 0.15) is 11.6 Å². The maximum absolute atomic E-state index is 12.2. The first-order valence-corrected chi connectivity index (χ1v) is 13.1. The summed E-state index contributed by atoms with van der Waals surface area (Å²) in [5, 5.41) is 3.64. The lowest BCUT2D eigenvalue weighted by molar-refractivity contribution is -0.120. The SMILES string of the molecule is Cc1ccc(OCCCn2c(CCCCCNC(=O)Cc3ccccc3Cl)nc3ccccc32)cc1. The highest BCUT2D eigenvalue weighted by atomic mass is 35.5. The van der Waals surface area contributed by atoms with Gasteiger partial charge in [-0.05, 0) is 62.1 Å². The van der Waals surface area contributed by atoms with E-state index in [9.17, 15) is 4.79 Å². The Morgan fingerprint density at radius 2 is 1.72 bits per heavy atom. The highest BCUT2D eigenvalue weighted by Gasteiger charge is 2.11. The Morgan fingerprint density at radius 3 is 2.56 bits per heavy atom. The number of unbranched alkanes of at least 4 members (excludes halogenated alkanes) is 2. The first-order valence-electron chi connectivity index (χ1n) is 12.7. The Balaban J connectivity index is 1.21. The molecule has 0 unspecified atom stereocenters. The van der Waals surface area contributed by atoms with Crippen molar-refractivity contribution in [3.8, 4) is 5.75 Å². The van der Waals surface area contributed by atoms with Gasteiger partial charge in [0, 0.05) is 24.5 Å². The molecule has 4 rings (SSSR count). The van der Waals surface area contributed by atoms with Gasteiger partial charge in [0.2, 0.25) is 5.91 Å². The number of imidazole rings is 1. The van der Waals surface area contributed by atoms with Crippen molar-refractivity contribution in [1.82, 2.24) is 14.9 Å². The van der Waals surface area contributed by atoms with Gasteiger partial charge < -0.3 is 14.6 Å². The summed E-state index contributed by atoms with van der Waals surface area (Å²) in [5.74, 6) is 2.04. The van der Waals surface area contributed by atoms with Crippen molar-refractivity contribution in [2.24, 2.45) is 0 Å². The molecule has 0 atom stereocenters. The lowest BCUT2D eigenvalue weighted by Gasteiger charge is -2.11. The van der Waals surface area contributed by atoms with Crippen molar-refractivity contribution < 1.29 is 9.53 Å². The number of nitrogens with one attached hydrogen (secondary N) is 1. The molecule has 0 aliphatic carbocycles. The fraction of sp³-hybridized carbons (Fsp3) is 0.333. The number of ether oxygens (including phenoxy) is 1. The van der Waals surface area contributed by atoms with Crippen LogP contribution in [-0.4, -0.2) is 28.6 Å². The molecule has 188 valence electrons. The number of aromatic nitrogens is 2. The van der Waals surface area contributed by atoms with E-state index in [4.69, 9.17) is 21.3 Å². The minimum atomic E-state index is 0.0118. The molecule has 0 spiro atoms. The summed E-state index contributed by atoms with van der Waals surface area (Å²) >= 11 is 6.15. The lowest BCUT2D eigenvalue weighted by Crippen LogP contribution is -2.26. The van der Waals surface area contributed by atoms with Crippen LogP contribution in [0.5, 0.6) is 5.75 Å². The molecule has 1 heterocycles. The number of carbonyl (C=O) groups excluding carboxylic acids is 1. The lowest BCUT2D eigenvalue weighted by atomic mass is 10.1. The van der Waals surface area contributed by atoms with Gasteiger partial charge in [0.15, 0.2) is 0 Å². The number of hydrogen-bond donors (Lipinski definition) is 1. The van der Waals surface area contributed by atoms with E-state index in [2.05, 4.69) is 47.1 Å². The number of hydrogen-bond acceptors (Lipinski definition) is 3. The maximum atomic E-state index is 12.2. The third kappa shape index (κ3) is 7.34. The molecule has 0 radical (unpaired) electrons. The number of halogens is 1. The van der Waals surface area contributed by atoms with Gasteiger partial charge in [-0.25, -0.2) is 4.98 Å². The zero-order chi connectivity index (χ0) is 25.2. The van der Waals surface area contributed by atoms with E-state index in [1.807, 2.05) is 42.5 Å². The standard InChI is InChI=1S/C30H34ClN3O2/c1-23-15-17-25(18-16-23)36-21-9-20-34-28-13-7-6-12-27(28)33-29(34)14-3-2-8-19-32-30(35)22-24-10-4-5-11-26(24)31/h4-7,10-13,15-18H,2-3,8-9,14,19-22H2,1H3,(H,32,35). The Labute approximate surface area is 218 Å². The molecule has 1 aromatic heterocycles. The minimum absolute atomic E-state index is 0.0118. The summed E-state index contributed by atoms with van der Waals surface area (Å²) in [6.07, 6.45) is 5.16. The molecule has 5 nitrogen and oxygen atoms in total. The molecule has 36 heavy (non-hydrogen) atoms. The van der Waals surface area contributed by atoms with Gasteiger partial charge in [0.05, 0.1) is 24.1 Å². The van der Waals surface area contributed by atoms with Crippen molar-refractivity contribution in [2.75, 3.05) is 13.2 Å². The topological polar surface area (TPSA) is 56.1 Å². The van der Waals surface area contributed by atoms with E-state index >= 15 is 0 Å². The van der Waals surface area contributed by atoms with Crippen LogP contribution in [0.4, 0.5) is 0 Å². The quantitative estimate of drug-likeness (QED) is 0.211. The molecule has 0 fully saturated rings. The van der Waals surface area contributed by atoms with Crippen LogP contribution in [-0.2, 0) is 24.2 Å². The Kier molecular flexibility index (Phi) is 9.40. The largest absolute Gasteiger partial charge is 0.494 e. The molecule has 1 N–H and O–H groups in total. The molecule has 3 aromatic carbocycles. The number of carbonyl (C=O) groups is 1. The van der Waals surface area contributed by atoms with Crippen LogP contribution in [0.2, 0.25) is 5.02 Å². The van der Waals surface area contributed by atoms with Crippen LogP contribution in [0.25, 0.3) is 11.0 Å². The molecule has 4 aromatic rings. The second kappa shape index (κ2) is 13.1. The number of rotatable bonds is 13. The van der Waals surface area contributed by atoms with Gasteiger partial charge in [-0.3, -0.25) is 4.79 Å². The van der Waals surface area contributed by atoms with Crippen LogP contribution in [0.1, 0.15) is 42.6 Å². The number of amides is 1. The fourth-order valence-corrected chi connectivity index (χ4v) is 4.51. The van der Waals surface area contributed by atoms with Crippen LogP contribution in [0.15, 0.2) is 72.8 Å². The highest BCUT2D eigenvalue weighted by Crippen LogP contribution is 2.19.